The summed E-state index contributed by atoms with van der Waals surface area (Å²) in [6, 6.07) is 5.49. The number of nitrogens with one attached hydrogen (secondary N) is 2. The highest BCUT2D eigenvalue weighted by atomic mass is 35.5. The van der Waals surface area contributed by atoms with Gasteiger partial charge in [-0.3, -0.25) is 4.79 Å². The van der Waals surface area contributed by atoms with Crippen LogP contribution in [0.3, 0.4) is 0 Å². The summed E-state index contributed by atoms with van der Waals surface area (Å²) >= 11 is 0. The molecule has 6 nitrogen and oxygen atoms in total. The van der Waals surface area contributed by atoms with Crippen molar-refractivity contribution in [3.63, 3.8) is 0 Å². The lowest BCUT2D eigenvalue weighted by molar-refractivity contribution is -0.120. The van der Waals surface area contributed by atoms with E-state index in [1.165, 1.54) is 24.3 Å². The van der Waals surface area contributed by atoms with Crippen molar-refractivity contribution < 1.29 is 23.8 Å². The first kappa shape index (κ1) is 20.6. The predicted molar refractivity (Wildman–Crippen MR) is 82.9 cm³/mol. The molecule has 1 atom stereocenters. The van der Waals surface area contributed by atoms with Gasteiger partial charge >= 0.3 is 0 Å². The van der Waals surface area contributed by atoms with E-state index in [9.17, 15) is 14.3 Å². The highest BCUT2D eigenvalue weighted by molar-refractivity contribution is 5.85. The minimum absolute atomic E-state index is 0. The first-order valence-corrected chi connectivity index (χ1v) is 6.64. The molecule has 8 heteroatoms. The Labute approximate surface area is 135 Å². The third kappa shape index (κ3) is 9.51. The van der Waals surface area contributed by atoms with Crippen LogP contribution >= 0.6 is 12.4 Å². The lowest BCUT2D eigenvalue weighted by atomic mass is 10.3. The second kappa shape index (κ2) is 12.2. The van der Waals surface area contributed by atoms with Crippen LogP contribution in [0.25, 0.3) is 0 Å². The molecular formula is C14H22ClFN2O4. The Balaban J connectivity index is 0.00000441. The fourth-order valence-electron chi connectivity index (χ4n) is 1.45. The number of hydrogen-bond acceptors (Lipinski definition) is 5. The van der Waals surface area contributed by atoms with Crippen LogP contribution in [-0.2, 0) is 9.53 Å². The van der Waals surface area contributed by atoms with E-state index >= 15 is 0 Å². The van der Waals surface area contributed by atoms with Crippen LogP contribution < -0.4 is 15.4 Å². The van der Waals surface area contributed by atoms with E-state index in [4.69, 9.17) is 9.47 Å². The van der Waals surface area contributed by atoms with Gasteiger partial charge in [-0.25, -0.2) is 4.39 Å². The van der Waals surface area contributed by atoms with Crippen molar-refractivity contribution in [3.05, 3.63) is 30.1 Å². The second-order valence-electron chi connectivity index (χ2n) is 4.39. The van der Waals surface area contributed by atoms with Crippen LogP contribution in [0.5, 0.6) is 5.75 Å². The molecule has 0 radical (unpaired) electrons. The standard InChI is InChI=1S/C14H21FN2O4.ClH/c1-20-7-6-16-9-14(19)17-8-12(18)10-21-13-4-2-11(15)3-5-13;/h2-5,12,16,18H,6-10H2,1H3,(H,17,19);1H. The van der Waals surface area contributed by atoms with Gasteiger partial charge in [0.05, 0.1) is 13.2 Å². The van der Waals surface area contributed by atoms with E-state index in [0.717, 1.165) is 0 Å². The molecule has 1 rings (SSSR count). The molecule has 22 heavy (non-hydrogen) atoms. The van der Waals surface area contributed by atoms with Crippen molar-refractivity contribution in [1.29, 1.82) is 0 Å². The molecule has 0 saturated heterocycles. The molecule has 0 aliphatic heterocycles. The summed E-state index contributed by atoms with van der Waals surface area (Å²) < 4.78 is 22.8. The van der Waals surface area contributed by atoms with Crippen LogP contribution in [0.15, 0.2) is 24.3 Å². The number of benzene rings is 1. The summed E-state index contributed by atoms with van der Waals surface area (Å²) in [4.78, 5) is 11.4. The number of amides is 1. The van der Waals surface area contributed by atoms with Gasteiger partial charge in [0.1, 0.15) is 24.3 Å². The average molecular weight is 337 g/mol. The lowest BCUT2D eigenvalue weighted by Gasteiger charge is -2.13. The van der Waals surface area contributed by atoms with Gasteiger partial charge in [0, 0.05) is 20.2 Å². The Morgan fingerprint density at radius 2 is 2.05 bits per heavy atom. The summed E-state index contributed by atoms with van der Waals surface area (Å²) in [5.74, 6) is -0.105. The summed E-state index contributed by atoms with van der Waals surface area (Å²) in [6.45, 7) is 1.38. The van der Waals surface area contributed by atoms with Crippen molar-refractivity contribution in [2.45, 2.75) is 6.10 Å². The molecule has 1 aromatic carbocycles. The van der Waals surface area contributed by atoms with Gasteiger partial charge in [0.15, 0.2) is 0 Å². The van der Waals surface area contributed by atoms with Gasteiger partial charge < -0.3 is 25.2 Å². The van der Waals surface area contributed by atoms with E-state index < -0.39 is 6.10 Å². The van der Waals surface area contributed by atoms with Crippen LogP contribution in [0.1, 0.15) is 0 Å². The molecule has 0 saturated carbocycles. The SMILES string of the molecule is COCCNCC(=O)NCC(O)COc1ccc(F)cc1.Cl. The minimum atomic E-state index is -0.835. The molecule has 126 valence electrons. The van der Waals surface area contributed by atoms with Crippen LogP contribution in [-0.4, -0.2) is 57.1 Å². The number of carbonyl (C=O) groups is 1. The van der Waals surface area contributed by atoms with Gasteiger partial charge in [-0.05, 0) is 24.3 Å². The van der Waals surface area contributed by atoms with Crippen LogP contribution in [0, 0.1) is 5.82 Å². The molecule has 0 heterocycles. The quantitative estimate of drug-likeness (QED) is 0.537. The van der Waals surface area contributed by atoms with Crippen LogP contribution in [0.4, 0.5) is 4.39 Å². The number of ether oxygens (including phenoxy) is 2. The molecule has 0 aromatic heterocycles. The fraction of sp³-hybridized carbons (Fsp3) is 0.500. The number of methoxy groups -OCH3 is 1. The van der Waals surface area contributed by atoms with Gasteiger partial charge in [-0.1, -0.05) is 0 Å². The fourth-order valence-corrected chi connectivity index (χ4v) is 1.45. The van der Waals surface area contributed by atoms with E-state index in [0.29, 0.717) is 18.9 Å². The zero-order valence-electron chi connectivity index (χ0n) is 12.4. The normalized spacial score (nSPS) is 11.4. The largest absolute Gasteiger partial charge is 0.491 e. The third-order valence-corrected chi connectivity index (χ3v) is 2.56. The van der Waals surface area contributed by atoms with E-state index in [1.807, 2.05) is 0 Å². The highest BCUT2D eigenvalue weighted by Crippen LogP contribution is 2.10. The monoisotopic (exact) mass is 336 g/mol. The molecule has 0 spiro atoms. The van der Waals surface area contributed by atoms with Crippen LogP contribution in [0.2, 0.25) is 0 Å². The Bertz CT molecular complexity index is 420. The van der Waals surface area contributed by atoms with Crippen molar-refractivity contribution in [1.82, 2.24) is 10.6 Å². The Hall–Kier alpha value is -1.41. The average Bonchev–Trinajstić information content (AvgIpc) is 2.49. The summed E-state index contributed by atoms with van der Waals surface area (Å²) in [5, 5.41) is 15.1. The molecule has 1 amide bonds. The smallest absolute Gasteiger partial charge is 0.234 e. The zero-order chi connectivity index (χ0) is 15.5. The summed E-state index contributed by atoms with van der Waals surface area (Å²) in [6.07, 6.45) is -0.835. The second-order valence-corrected chi connectivity index (χ2v) is 4.39. The van der Waals surface area contributed by atoms with Gasteiger partial charge in [0.2, 0.25) is 5.91 Å². The molecule has 0 aliphatic rings. The van der Waals surface area contributed by atoms with E-state index in [-0.39, 0.29) is 43.8 Å². The molecule has 1 unspecified atom stereocenters. The van der Waals surface area contributed by atoms with Crippen molar-refractivity contribution >= 4 is 18.3 Å². The molecule has 1 aromatic rings. The maximum atomic E-state index is 12.7. The van der Waals surface area contributed by atoms with Crippen molar-refractivity contribution in [3.8, 4) is 5.75 Å². The lowest BCUT2D eigenvalue weighted by Crippen LogP contribution is -2.40. The molecule has 0 bridgehead atoms. The Morgan fingerprint density at radius 1 is 1.36 bits per heavy atom. The first-order valence-electron chi connectivity index (χ1n) is 6.64. The maximum absolute atomic E-state index is 12.7. The van der Waals surface area contributed by atoms with E-state index in [1.54, 1.807) is 7.11 Å². The zero-order valence-corrected chi connectivity index (χ0v) is 13.2. The van der Waals surface area contributed by atoms with Gasteiger partial charge in [0.25, 0.3) is 0 Å². The molecule has 0 fully saturated rings. The predicted octanol–water partition coefficient (Wildman–Crippen LogP) is 0.339. The number of aliphatic hydroxyl groups is 1. The number of hydrogen-bond donors (Lipinski definition) is 3. The van der Waals surface area contributed by atoms with Crippen molar-refractivity contribution in [2.75, 3.05) is 40.0 Å². The number of carbonyl (C=O) groups excluding carboxylic acids is 1. The minimum Gasteiger partial charge on any atom is -0.491 e. The number of halogens is 2. The van der Waals surface area contributed by atoms with Gasteiger partial charge in [-0.2, -0.15) is 0 Å². The molecule has 3 N–H and O–H groups in total. The number of aliphatic hydroxyl groups excluding tert-OH is 1. The molecular weight excluding hydrogens is 315 g/mol. The Morgan fingerprint density at radius 3 is 2.68 bits per heavy atom. The Kier molecular flexibility index (Phi) is 11.4. The third-order valence-electron chi connectivity index (χ3n) is 2.56. The summed E-state index contributed by atoms with van der Waals surface area (Å²) in [5.41, 5.74) is 0. The highest BCUT2D eigenvalue weighted by Gasteiger charge is 2.08. The van der Waals surface area contributed by atoms with Gasteiger partial charge in [-0.15, -0.1) is 12.4 Å². The van der Waals surface area contributed by atoms with Crippen molar-refractivity contribution in [2.24, 2.45) is 0 Å². The maximum Gasteiger partial charge on any atom is 0.234 e. The van der Waals surface area contributed by atoms with E-state index in [2.05, 4.69) is 10.6 Å². The summed E-state index contributed by atoms with van der Waals surface area (Å²) in [7, 11) is 1.58. The number of rotatable bonds is 10. The topological polar surface area (TPSA) is 79.8 Å². The molecule has 0 aliphatic carbocycles. The first-order chi connectivity index (χ1) is 10.1.